The highest BCUT2D eigenvalue weighted by Crippen LogP contribution is 2.18. The van der Waals surface area contributed by atoms with Gasteiger partial charge in [0.1, 0.15) is 0 Å². The van der Waals surface area contributed by atoms with Crippen LogP contribution in [0.2, 0.25) is 0 Å². The van der Waals surface area contributed by atoms with Gasteiger partial charge in [0.2, 0.25) is 0 Å². The van der Waals surface area contributed by atoms with Gasteiger partial charge in [-0.05, 0) is 12.0 Å². The molecule has 1 aromatic rings. The first kappa shape index (κ1) is 16.2. The van der Waals surface area contributed by atoms with E-state index in [0.717, 1.165) is 13.2 Å². The molecule has 0 aliphatic heterocycles. The van der Waals surface area contributed by atoms with Gasteiger partial charge >= 0.3 is 0 Å². The Hall–Kier alpha value is -0.900. The largest absolute Gasteiger partial charge is 0.382 e. The second-order valence-corrected chi connectivity index (χ2v) is 4.66. The molecule has 0 fully saturated rings. The van der Waals surface area contributed by atoms with E-state index >= 15 is 0 Å². The Morgan fingerprint density at radius 1 is 1.11 bits per heavy atom. The molecule has 19 heavy (non-hydrogen) atoms. The van der Waals surface area contributed by atoms with E-state index in [1.807, 2.05) is 0 Å². The highest BCUT2D eigenvalue weighted by molar-refractivity contribution is 5.18. The summed E-state index contributed by atoms with van der Waals surface area (Å²) in [5, 5.41) is 3.58. The molecule has 1 atom stereocenters. The van der Waals surface area contributed by atoms with Crippen molar-refractivity contribution in [3.05, 3.63) is 35.9 Å². The van der Waals surface area contributed by atoms with Crippen LogP contribution in [-0.4, -0.2) is 33.5 Å². The Morgan fingerprint density at radius 3 is 2.58 bits per heavy atom. The number of ether oxygens (including phenoxy) is 2. The fourth-order valence-corrected chi connectivity index (χ4v) is 2.03. The van der Waals surface area contributed by atoms with E-state index < -0.39 is 0 Å². The highest BCUT2D eigenvalue weighted by Gasteiger charge is 2.09. The third kappa shape index (κ3) is 7.31. The number of nitrogens with one attached hydrogen (secondary N) is 1. The normalized spacial score (nSPS) is 12.5. The summed E-state index contributed by atoms with van der Waals surface area (Å²) >= 11 is 0. The summed E-state index contributed by atoms with van der Waals surface area (Å²) in [5.41, 5.74) is 1.37. The van der Waals surface area contributed by atoms with Gasteiger partial charge in [-0.1, -0.05) is 50.1 Å². The van der Waals surface area contributed by atoms with Crippen molar-refractivity contribution in [3.63, 3.8) is 0 Å². The van der Waals surface area contributed by atoms with Crippen molar-refractivity contribution in [2.45, 2.75) is 32.2 Å². The van der Waals surface area contributed by atoms with E-state index in [4.69, 9.17) is 9.47 Å². The molecule has 0 amide bonds. The number of methoxy groups -OCH3 is 1. The Labute approximate surface area is 117 Å². The molecule has 3 nitrogen and oxygen atoms in total. The van der Waals surface area contributed by atoms with Crippen LogP contribution in [0.4, 0.5) is 0 Å². The fourth-order valence-electron chi connectivity index (χ4n) is 2.03. The summed E-state index contributed by atoms with van der Waals surface area (Å²) in [5.74, 6) is 0. The number of hydrogen-bond acceptors (Lipinski definition) is 3. The van der Waals surface area contributed by atoms with Crippen molar-refractivity contribution >= 4 is 0 Å². The van der Waals surface area contributed by atoms with Crippen LogP contribution in [0.5, 0.6) is 0 Å². The van der Waals surface area contributed by atoms with E-state index in [1.54, 1.807) is 7.11 Å². The van der Waals surface area contributed by atoms with Gasteiger partial charge in [0.05, 0.1) is 19.8 Å². The van der Waals surface area contributed by atoms with E-state index in [0.29, 0.717) is 19.3 Å². The Balaban J connectivity index is 2.30. The lowest BCUT2D eigenvalue weighted by Crippen LogP contribution is -2.25. The molecule has 0 radical (unpaired) electrons. The summed E-state index contributed by atoms with van der Waals surface area (Å²) in [4.78, 5) is 0. The van der Waals surface area contributed by atoms with Crippen molar-refractivity contribution in [2.75, 3.05) is 33.5 Å². The number of unbranched alkanes of at least 4 members (excludes halogenated alkanes) is 1. The molecule has 0 bridgehead atoms. The molecule has 0 aliphatic carbocycles. The summed E-state index contributed by atoms with van der Waals surface area (Å²) in [7, 11) is 1.69. The zero-order valence-electron chi connectivity index (χ0n) is 12.2. The van der Waals surface area contributed by atoms with Gasteiger partial charge in [0, 0.05) is 19.7 Å². The Bertz CT molecular complexity index is 303. The molecule has 108 valence electrons. The van der Waals surface area contributed by atoms with Gasteiger partial charge in [0.25, 0.3) is 0 Å². The lowest BCUT2D eigenvalue weighted by Gasteiger charge is -2.19. The van der Waals surface area contributed by atoms with Gasteiger partial charge in [0.15, 0.2) is 0 Å². The minimum absolute atomic E-state index is 0.437. The van der Waals surface area contributed by atoms with Gasteiger partial charge in [-0.25, -0.2) is 0 Å². The predicted molar refractivity (Wildman–Crippen MR) is 79.4 cm³/mol. The van der Waals surface area contributed by atoms with E-state index in [2.05, 4.69) is 42.6 Å². The van der Waals surface area contributed by atoms with Crippen molar-refractivity contribution in [1.29, 1.82) is 0 Å². The molecule has 0 spiro atoms. The summed E-state index contributed by atoms with van der Waals surface area (Å²) in [6.07, 6.45) is 3.66. The molecule has 0 aliphatic rings. The van der Waals surface area contributed by atoms with E-state index in [1.165, 1.54) is 24.8 Å². The lowest BCUT2D eigenvalue weighted by atomic mass is 10.0. The quantitative estimate of drug-likeness (QED) is 0.623. The first-order valence-electron chi connectivity index (χ1n) is 7.23. The SMILES string of the molecule is CCCCC(NCCOCCOC)c1ccccc1. The van der Waals surface area contributed by atoms with Crippen LogP contribution in [-0.2, 0) is 9.47 Å². The van der Waals surface area contributed by atoms with Gasteiger partial charge in [-0.15, -0.1) is 0 Å². The lowest BCUT2D eigenvalue weighted by molar-refractivity contribution is 0.0709. The smallest absolute Gasteiger partial charge is 0.0700 e. The number of benzene rings is 1. The predicted octanol–water partition coefficient (Wildman–Crippen LogP) is 3.17. The van der Waals surface area contributed by atoms with Crippen LogP contribution in [0.15, 0.2) is 30.3 Å². The van der Waals surface area contributed by atoms with Crippen molar-refractivity contribution in [1.82, 2.24) is 5.32 Å². The van der Waals surface area contributed by atoms with Gasteiger partial charge in [-0.3, -0.25) is 0 Å². The Morgan fingerprint density at radius 2 is 1.89 bits per heavy atom. The molecular formula is C16H27NO2. The summed E-state index contributed by atoms with van der Waals surface area (Å²) < 4.78 is 10.4. The minimum atomic E-state index is 0.437. The Kier molecular flexibility index (Phi) is 9.33. The molecule has 0 heterocycles. The first-order chi connectivity index (χ1) is 9.38. The molecule has 1 rings (SSSR count). The standard InChI is InChI=1S/C16H27NO2/c1-3-4-10-16(15-8-6-5-7-9-15)17-11-12-19-14-13-18-2/h5-9,16-17H,3-4,10-14H2,1-2H3. The average Bonchev–Trinajstić information content (AvgIpc) is 2.46. The van der Waals surface area contributed by atoms with Crippen molar-refractivity contribution < 1.29 is 9.47 Å². The monoisotopic (exact) mass is 265 g/mol. The second-order valence-electron chi connectivity index (χ2n) is 4.66. The third-order valence-electron chi connectivity index (χ3n) is 3.12. The molecule has 3 heteroatoms. The topological polar surface area (TPSA) is 30.5 Å². The third-order valence-corrected chi connectivity index (χ3v) is 3.12. The van der Waals surface area contributed by atoms with Crippen LogP contribution in [0, 0.1) is 0 Å². The number of hydrogen-bond donors (Lipinski definition) is 1. The fraction of sp³-hybridized carbons (Fsp3) is 0.625. The first-order valence-corrected chi connectivity index (χ1v) is 7.23. The zero-order valence-corrected chi connectivity index (χ0v) is 12.2. The summed E-state index contributed by atoms with van der Waals surface area (Å²) in [6.45, 7) is 5.18. The molecule has 0 aromatic heterocycles. The molecular weight excluding hydrogens is 238 g/mol. The number of rotatable bonds is 11. The highest BCUT2D eigenvalue weighted by atomic mass is 16.5. The minimum Gasteiger partial charge on any atom is -0.382 e. The van der Waals surface area contributed by atoms with Crippen molar-refractivity contribution in [2.24, 2.45) is 0 Å². The molecule has 0 saturated heterocycles. The van der Waals surface area contributed by atoms with Gasteiger partial charge in [-0.2, -0.15) is 0 Å². The van der Waals surface area contributed by atoms with Crippen LogP contribution in [0.3, 0.4) is 0 Å². The summed E-state index contributed by atoms with van der Waals surface area (Å²) in [6, 6.07) is 11.1. The maximum absolute atomic E-state index is 5.48. The van der Waals surface area contributed by atoms with E-state index in [-0.39, 0.29) is 0 Å². The zero-order chi connectivity index (χ0) is 13.8. The average molecular weight is 265 g/mol. The van der Waals surface area contributed by atoms with Crippen LogP contribution >= 0.6 is 0 Å². The maximum Gasteiger partial charge on any atom is 0.0700 e. The van der Waals surface area contributed by atoms with E-state index in [9.17, 15) is 0 Å². The maximum atomic E-state index is 5.48. The second kappa shape index (κ2) is 11.0. The van der Waals surface area contributed by atoms with Crippen LogP contribution in [0.1, 0.15) is 37.8 Å². The van der Waals surface area contributed by atoms with Crippen LogP contribution < -0.4 is 5.32 Å². The van der Waals surface area contributed by atoms with Crippen LogP contribution in [0.25, 0.3) is 0 Å². The molecule has 0 saturated carbocycles. The molecule has 1 aromatic carbocycles. The molecule has 1 N–H and O–H groups in total. The van der Waals surface area contributed by atoms with Gasteiger partial charge < -0.3 is 14.8 Å². The molecule has 1 unspecified atom stereocenters. The van der Waals surface area contributed by atoms with Crippen molar-refractivity contribution in [3.8, 4) is 0 Å².